The van der Waals surface area contributed by atoms with Gasteiger partial charge in [-0.25, -0.2) is 0 Å². The fraction of sp³-hybridized carbons (Fsp3) is 0.333. The van der Waals surface area contributed by atoms with Gasteiger partial charge in [0.15, 0.2) is 0 Å². The van der Waals surface area contributed by atoms with Crippen LogP contribution in [0, 0.1) is 0 Å². The molecule has 0 saturated carbocycles. The molecule has 0 aliphatic rings. The second kappa shape index (κ2) is 12.1. The highest BCUT2D eigenvalue weighted by atomic mass is 35.5. The monoisotopic (exact) mass is 484 g/mol. The van der Waals surface area contributed by atoms with Gasteiger partial charge in [0.05, 0.1) is 0 Å². The molecule has 6 heteroatoms. The van der Waals surface area contributed by atoms with Gasteiger partial charge in [0, 0.05) is 29.6 Å². The molecule has 0 unspecified atom stereocenters. The maximum atomic E-state index is 13.4. The van der Waals surface area contributed by atoms with E-state index < -0.39 is 6.04 Å². The molecule has 33 heavy (non-hydrogen) atoms. The standard InChI is InChI=1S/C27H30Cl2N2O2/c1-3-4-16-30-27(33)19(2)31(18-22-12-14-23(28)17-25(22)29)26(32)15-13-21-10-7-9-20-8-5-6-11-24(20)21/h5-12,14,17,19H,3-4,13,15-16,18H2,1-2H3,(H,30,33)/t19-/m1/s1. The molecule has 0 heterocycles. The zero-order valence-electron chi connectivity index (χ0n) is 19.1. The minimum absolute atomic E-state index is 0.0907. The first-order valence-electron chi connectivity index (χ1n) is 11.4. The molecule has 4 nitrogen and oxygen atoms in total. The first-order chi connectivity index (χ1) is 15.9. The Balaban J connectivity index is 1.79. The number of aryl methyl sites for hydroxylation is 1. The molecule has 0 bridgehead atoms. The van der Waals surface area contributed by atoms with E-state index >= 15 is 0 Å². The Labute approximate surface area is 205 Å². The lowest BCUT2D eigenvalue weighted by atomic mass is 10.0. The third kappa shape index (κ3) is 6.72. The summed E-state index contributed by atoms with van der Waals surface area (Å²) in [4.78, 5) is 27.8. The maximum Gasteiger partial charge on any atom is 0.242 e. The van der Waals surface area contributed by atoms with Crippen LogP contribution in [-0.4, -0.2) is 29.3 Å². The van der Waals surface area contributed by atoms with Gasteiger partial charge in [-0.3, -0.25) is 9.59 Å². The van der Waals surface area contributed by atoms with Crippen LogP contribution in [0.4, 0.5) is 0 Å². The van der Waals surface area contributed by atoms with E-state index in [9.17, 15) is 9.59 Å². The molecule has 0 aliphatic carbocycles. The van der Waals surface area contributed by atoms with Crippen molar-refractivity contribution in [2.75, 3.05) is 6.54 Å². The molecule has 3 aromatic rings. The Morgan fingerprint density at radius 2 is 1.76 bits per heavy atom. The van der Waals surface area contributed by atoms with Gasteiger partial charge in [-0.2, -0.15) is 0 Å². The van der Waals surface area contributed by atoms with E-state index in [1.54, 1.807) is 30.0 Å². The van der Waals surface area contributed by atoms with Crippen LogP contribution in [0.5, 0.6) is 0 Å². The summed E-state index contributed by atoms with van der Waals surface area (Å²) in [5.41, 5.74) is 1.87. The van der Waals surface area contributed by atoms with Crippen LogP contribution in [0.1, 0.15) is 44.2 Å². The number of nitrogens with one attached hydrogen (secondary N) is 1. The van der Waals surface area contributed by atoms with Gasteiger partial charge in [-0.1, -0.05) is 85.1 Å². The summed E-state index contributed by atoms with van der Waals surface area (Å²) in [6.07, 6.45) is 2.78. The SMILES string of the molecule is CCCCNC(=O)[C@@H](C)N(Cc1ccc(Cl)cc1Cl)C(=O)CCc1cccc2ccccc12. The fourth-order valence-electron chi connectivity index (χ4n) is 3.85. The maximum absolute atomic E-state index is 13.4. The van der Waals surface area contributed by atoms with Crippen molar-refractivity contribution in [3.8, 4) is 0 Å². The highest BCUT2D eigenvalue weighted by molar-refractivity contribution is 6.35. The number of nitrogens with zero attached hydrogens (tertiary/aromatic N) is 1. The van der Waals surface area contributed by atoms with Crippen LogP contribution >= 0.6 is 23.2 Å². The van der Waals surface area contributed by atoms with Crippen LogP contribution in [0.25, 0.3) is 10.8 Å². The molecule has 0 spiro atoms. The van der Waals surface area contributed by atoms with E-state index in [1.807, 2.05) is 18.2 Å². The lowest BCUT2D eigenvalue weighted by Crippen LogP contribution is -2.47. The van der Waals surface area contributed by atoms with Gasteiger partial charge >= 0.3 is 0 Å². The van der Waals surface area contributed by atoms with Crippen molar-refractivity contribution in [1.82, 2.24) is 10.2 Å². The van der Waals surface area contributed by atoms with Gasteiger partial charge in [0.1, 0.15) is 6.04 Å². The Bertz CT molecular complexity index is 1110. The van der Waals surface area contributed by atoms with Crippen molar-refractivity contribution in [2.24, 2.45) is 0 Å². The number of rotatable bonds is 10. The molecule has 3 aromatic carbocycles. The predicted octanol–water partition coefficient (Wildman–Crippen LogP) is 6.41. The number of amides is 2. The summed E-state index contributed by atoms with van der Waals surface area (Å²) in [7, 11) is 0. The van der Waals surface area contributed by atoms with Crippen LogP contribution in [0.15, 0.2) is 60.7 Å². The minimum Gasteiger partial charge on any atom is -0.354 e. The molecule has 1 N–H and O–H groups in total. The molecule has 0 aromatic heterocycles. The lowest BCUT2D eigenvalue weighted by Gasteiger charge is -2.29. The van der Waals surface area contributed by atoms with Crippen molar-refractivity contribution in [1.29, 1.82) is 0 Å². The Morgan fingerprint density at radius 3 is 2.52 bits per heavy atom. The van der Waals surface area contributed by atoms with E-state index in [0.717, 1.165) is 34.7 Å². The van der Waals surface area contributed by atoms with Crippen molar-refractivity contribution in [2.45, 2.75) is 52.1 Å². The molecular weight excluding hydrogens is 455 g/mol. The third-order valence-corrected chi connectivity index (χ3v) is 6.43. The van der Waals surface area contributed by atoms with E-state index in [4.69, 9.17) is 23.2 Å². The van der Waals surface area contributed by atoms with Crippen molar-refractivity contribution < 1.29 is 9.59 Å². The Kier molecular flexibility index (Phi) is 9.16. The zero-order valence-corrected chi connectivity index (χ0v) is 20.6. The molecule has 1 atom stereocenters. The third-order valence-electron chi connectivity index (χ3n) is 5.84. The summed E-state index contributed by atoms with van der Waals surface area (Å²) in [5, 5.41) is 6.24. The number of halogens is 2. The highest BCUT2D eigenvalue weighted by Crippen LogP contribution is 2.24. The van der Waals surface area contributed by atoms with Crippen molar-refractivity contribution in [3.05, 3.63) is 81.8 Å². The smallest absolute Gasteiger partial charge is 0.242 e. The zero-order chi connectivity index (χ0) is 23.8. The average molecular weight is 485 g/mol. The highest BCUT2D eigenvalue weighted by Gasteiger charge is 2.26. The number of unbranched alkanes of at least 4 members (excludes halogenated alkanes) is 1. The summed E-state index contributed by atoms with van der Waals surface area (Å²) < 4.78 is 0. The summed E-state index contributed by atoms with van der Waals surface area (Å²) in [6.45, 7) is 4.67. The second-order valence-electron chi connectivity index (χ2n) is 8.22. The number of hydrogen-bond acceptors (Lipinski definition) is 2. The molecule has 3 rings (SSSR count). The molecule has 0 saturated heterocycles. The van der Waals surface area contributed by atoms with E-state index in [-0.39, 0.29) is 18.4 Å². The number of carbonyl (C=O) groups excluding carboxylic acids is 2. The van der Waals surface area contributed by atoms with Crippen LogP contribution in [-0.2, 0) is 22.6 Å². The molecule has 0 fully saturated rings. The minimum atomic E-state index is -0.617. The lowest BCUT2D eigenvalue weighted by molar-refractivity contribution is -0.140. The molecule has 0 aliphatic heterocycles. The average Bonchev–Trinajstić information content (AvgIpc) is 2.81. The quantitative estimate of drug-likeness (QED) is 0.337. The van der Waals surface area contributed by atoms with E-state index in [1.165, 1.54) is 0 Å². The number of benzene rings is 3. The first-order valence-corrected chi connectivity index (χ1v) is 12.1. The van der Waals surface area contributed by atoms with Gasteiger partial charge in [0.2, 0.25) is 11.8 Å². The fourth-order valence-corrected chi connectivity index (χ4v) is 4.32. The molecule has 174 valence electrons. The van der Waals surface area contributed by atoms with Crippen molar-refractivity contribution >= 4 is 45.8 Å². The van der Waals surface area contributed by atoms with Gasteiger partial charge < -0.3 is 10.2 Å². The molecule has 0 radical (unpaired) electrons. The normalized spacial score (nSPS) is 11.9. The van der Waals surface area contributed by atoms with Gasteiger partial charge in [-0.05, 0) is 53.8 Å². The van der Waals surface area contributed by atoms with Crippen molar-refractivity contribution in [3.63, 3.8) is 0 Å². The first kappa shape index (κ1) is 25.1. The van der Waals surface area contributed by atoms with Gasteiger partial charge in [-0.15, -0.1) is 0 Å². The Morgan fingerprint density at radius 1 is 1.00 bits per heavy atom. The predicted molar refractivity (Wildman–Crippen MR) is 137 cm³/mol. The van der Waals surface area contributed by atoms with Crippen LogP contribution < -0.4 is 5.32 Å². The summed E-state index contributed by atoms with van der Waals surface area (Å²) in [5.74, 6) is -0.251. The largest absolute Gasteiger partial charge is 0.354 e. The second-order valence-corrected chi connectivity index (χ2v) is 9.06. The Hall–Kier alpha value is -2.56. The summed E-state index contributed by atoms with van der Waals surface area (Å²) >= 11 is 12.4. The topological polar surface area (TPSA) is 49.4 Å². The number of carbonyl (C=O) groups is 2. The van der Waals surface area contributed by atoms with E-state index in [0.29, 0.717) is 29.4 Å². The molecular formula is C27H30Cl2N2O2. The number of fused-ring (bicyclic) bond motifs is 1. The van der Waals surface area contributed by atoms with Crippen LogP contribution in [0.3, 0.4) is 0 Å². The van der Waals surface area contributed by atoms with Gasteiger partial charge in [0.25, 0.3) is 0 Å². The molecule has 2 amide bonds. The van der Waals surface area contributed by atoms with Crippen LogP contribution in [0.2, 0.25) is 10.0 Å². The summed E-state index contributed by atoms with van der Waals surface area (Å²) in [6, 6.07) is 18.9. The van der Waals surface area contributed by atoms with E-state index in [2.05, 4.69) is 36.5 Å². The number of hydrogen-bond donors (Lipinski definition) is 1.